The third kappa shape index (κ3) is 5.09. The molecule has 6 fully saturated rings. The first-order valence-corrected chi connectivity index (χ1v) is 17.8. The van der Waals surface area contributed by atoms with Gasteiger partial charge in [-0.1, -0.05) is 12.1 Å². The number of aromatic nitrogens is 2. The summed E-state index contributed by atoms with van der Waals surface area (Å²) in [5.41, 5.74) is 7.26. The van der Waals surface area contributed by atoms with E-state index in [1.54, 1.807) is 48.5 Å². The fourth-order valence-corrected chi connectivity index (χ4v) is 9.56. The molecule has 2 saturated heterocycles. The fourth-order valence-electron chi connectivity index (χ4n) is 9.56. The molecule has 268 valence electrons. The molecule has 52 heavy (non-hydrogen) atoms. The number of aromatic hydroxyl groups is 1. The Kier molecular flexibility index (Phi) is 7.15. The molecule has 4 N–H and O–H groups in total. The van der Waals surface area contributed by atoms with Crippen molar-refractivity contribution in [2.24, 2.45) is 16.2 Å². The zero-order valence-electron chi connectivity index (χ0n) is 28.4. The smallest absolute Gasteiger partial charge is 0.262 e. The number of fused-ring (bicyclic) bond motifs is 1. The van der Waals surface area contributed by atoms with Crippen molar-refractivity contribution in [3.05, 3.63) is 59.7 Å². The summed E-state index contributed by atoms with van der Waals surface area (Å²) in [5, 5.41) is 20.6. The molecule has 14 nitrogen and oxygen atoms in total. The van der Waals surface area contributed by atoms with E-state index in [0.29, 0.717) is 29.4 Å². The molecule has 3 aliphatic heterocycles. The number of imide groups is 2. The number of rotatable bonds is 8. The lowest BCUT2D eigenvalue weighted by Crippen LogP contribution is -2.70. The number of nitrogens with zero attached hydrogens (tertiary/aromatic N) is 4. The zero-order chi connectivity index (χ0) is 36.0. The van der Waals surface area contributed by atoms with Gasteiger partial charge in [-0.05, 0) is 87.1 Å². The number of carbonyl (C=O) groups excluding carboxylic acids is 5. The number of piperidine rings is 2. The summed E-state index contributed by atoms with van der Waals surface area (Å²) in [6, 6.07) is 12.4. The Balaban J connectivity index is 0.747. The van der Waals surface area contributed by atoms with Gasteiger partial charge in [0, 0.05) is 36.6 Å². The molecule has 1 spiro atoms. The number of phenols is 1. The van der Waals surface area contributed by atoms with Crippen molar-refractivity contribution in [3.63, 3.8) is 0 Å². The van der Waals surface area contributed by atoms with E-state index < -0.39 is 29.7 Å². The Hall–Kier alpha value is -5.53. The number of nitrogen functional groups attached to an aromatic ring is 1. The van der Waals surface area contributed by atoms with Crippen LogP contribution in [0.15, 0.2) is 48.5 Å². The number of hydrogen-bond acceptors (Lipinski definition) is 11. The van der Waals surface area contributed by atoms with Gasteiger partial charge in [0.05, 0.1) is 29.3 Å². The molecule has 4 aliphatic carbocycles. The fraction of sp³-hybridized carbons (Fsp3) is 0.447. The molecular weight excluding hydrogens is 668 g/mol. The van der Waals surface area contributed by atoms with Crippen LogP contribution in [0.5, 0.6) is 17.2 Å². The predicted octanol–water partition coefficient (Wildman–Crippen LogP) is 3.23. The first-order chi connectivity index (χ1) is 25.0. The van der Waals surface area contributed by atoms with Crippen molar-refractivity contribution >= 4 is 35.4 Å². The topological polar surface area (TPSA) is 194 Å². The van der Waals surface area contributed by atoms with Crippen molar-refractivity contribution < 1.29 is 38.6 Å². The van der Waals surface area contributed by atoms with Crippen molar-refractivity contribution in [1.29, 1.82) is 0 Å². The highest BCUT2D eigenvalue weighted by Gasteiger charge is 2.72. The lowest BCUT2D eigenvalue weighted by molar-refractivity contribution is -0.227. The largest absolute Gasteiger partial charge is 0.507 e. The molecule has 2 aromatic carbocycles. The first kappa shape index (κ1) is 32.4. The van der Waals surface area contributed by atoms with E-state index in [0.717, 1.165) is 62.9 Å². The highest BCUT2D eigenvalue weighted by atomic mass is 16.5. The Morgan fingerprint density at radius 1 is 0.942 bits per heavy atom. The van der Waals surface area contributed by atoms with E-state index in [-0.39, 0.29) is 63.8 Å². The molecule has 3 aromatic rings. The van der Waals surface area contributed by atoms with Gasteiger partial charge in [0.25, 0.3) is 11.8 Å². The minimum absolute atomic E-state index is 0.0321. The molecule has 4 saturated carbocycles. The molecule has 5 amide bonds. The molecule has 2 bridgehead atoms. The molecule has 1 unspecified atom stereocenters. The van der Waals surface area contributed by atoms with Gasteiger partial charge in [-0.15, -0.1) is 10.2 Å². The number of nitrogens with two attached hydrogens (primary N) is 1. The monoisotopic (exact) mass is 706 g/mol. The van der Waals surface area contributed by atoms with Gasteiger partial charge in [0.15, 0.2) is 11.6 Å². The van der Waals surface area contributed by atoms with Crippen LogP contribution in [0.2, 0.25) is 0 Å². The van der Waals surface area contributed by atoms with E-state index in [1.807, 2.05) is 4.90 Å². The van der Waals surface area contributed by atoms with E-state index >= 15 is 0 Å². The van der Waals surface area contributed by atoms with Crippen LogP contribution in [-0.4, -0.2) is 86.5 Å². The van der Waals surface area contributed by atoms with Crippen LogP contribution >= 0.6 is 0 Å². The van der Waals surface area contributed by atoms with Gasteiger partial charge in [-0.3, -0.25) is 34.2 Å². The maximum Gasteiger partial charge on any atom is 0.262 e. The number of ether oxygens (including phenoxy) is 2. The number of likely N-dealkylation sites (tertiary alicyclic amines) is 1. The van der Waals surface area contributed by atoms with E-state index in [1.165, 1.54) is 0 Å². The van der Waals surface area contributed by atoms with E-state index in [2.05, 4.69) is 15.5 Å². The van der Waals surface area contributed by atoms with Crippen LogP contribution in [0.3, 0.4) is 0 Å². The number of nitrogens with one attached hydrogen (secondary N) is 1. The third-order valence-electron chi connectivity index (χ3n) is 12.2. The summed E-state index contributed by atoms with van der Waals surface area (Å²) in [6.45, 7) is 1.88. The minimum Gasteiger partial charge on any atom is -0.507 e. The number of phenolic OH excluding ortho intramolecular Hbond substituents is 1. The van der Waals surface area contributed by atoms with E-state index in [9.17, 15) is 29.1 Å². The Bertz CT molecular complexity index is 2050. The molecule has 14 heteroatoms. The SMILES string of the molecule is Nc1nnc(-c2ccccc2O)cc1OCC12CC(C(=O)N3CCC4(CC3)CC(Oc3ccc5c(c3)C(=O)N(C3CCC(=O)NC3=O)C5=O)C4)(C1)C2. The molecule has 7 aliphatic rings. The Morgan fingerprint density at radius 3 is 2.40 bits per heavy atom. The first-order valence-electron chi connectivity index (χ1n) is 17.8. The van der Waals surface area contributed by atoms with Gasteiger partial charge in [-0.2, -0.15) is 0 Å². The molecule has 4 heterocycles. The minimum atomic E-state index is -1.01. The van der Waals surface area contributed by atoms with Gasteiger partial charge in [0.2, 0.25) is 17.7 Å². The average molecular weight is 707 g/mol. The zero-order valence-corrected chi connectivity index (χ0v) is 28.4. The van der Waals surface area contributed by atoms with Crippen LogP contribution in [0.4, 0.5) is 5.82 Å². The second-order valence-electron chi connectivity index (χ2n) is 15.7. The summed E-state index contributed by atoms with van der Waals surface area (Å²) in [6.07, 6.45) is 6.05. The van der Waals surface area contributed by atoms with Crippen LogP contribution in [0.1, 0.15) is 78.5 Å². The quantitative estimate of drug-likeness (QED) is 0.291. The lowest BCUT2D eigenvalue weighted by Gasteiger charge is -2.70. The molecule has 1 aromatic heterocycles. The molecule has 10 rings (SSSR count). The average Bonchev–Trinajstić information content (AvgIpc) is 3.32. The summed E-state index contributed by atoms with van der Waals surface area (Å²) in [7, 11) is 0. The summed E-state index contributed by atoms with van der Waals surface area (Å²) >= 11 is 0. The maximum atomic E-state index is 13.7. The number of carbonyl (C=O) groups is 5. The number of hydrogen-bond donors (Lipinski definition) is 3. The number of benzene rings is 2. The van der Waals surface area contributed by atoms with Crippen molar-refractivity contribution in [3.8, 4) is 28.5 Å². The summed E-state index contributed by atoms with van der Waals surface area (Å²) < 4.78 is 12.4. The Morgan fingerprint density at radius 2 is 1.67 bits per heavy atom. The maximum absolute atomic E-state index is 13.7. The second-order valence-corrected chi connectivity index (χ2v) is 15.7. The predicted molar refractivity (Wildman–Crippen MR) is 183 cm³/mol. The molecule has 0 radical (unpaired) electrons. The number of anilines is 1. The van der Waals surface area contributed by atoms with Crippen LogP contribution in [-0.2, 0) is 14.4 Å². The van der Waals surface area contributed by atoms with E-state index in [4.69, 9.17) is 15.2 Å². The van der Waals surface area contributed by atoms with Crippen molar-refractivity contribution in [1.82, 2.24) is 25.3 Å². The van der Waals surface area contributed by atoms with Crippen LogP contribution in [0.25, 0.3) is 11.3 Å². The molecular formula is C38H38N6O8. The third-order valence-corrected chi connectivity index (χ3v) is 12.2. The van der Waals surface area contributed by atoms with Crippen LogP contribution in [0, 0.1) is 16.2 Å². The second kappa shape index (κ2) is 11.5. The van der Waals surface area contributed by atoms with Gasteiger partial charge < -0.3 is 25.2 Å². The Labute approximate surface area is 298 Å². The van der Waals surface area contributed by atoms with Crippen LogP contribution < -0.4 is 20.5 Å². The van der Waals surface area contributed by atoms with Crippen molar-refractivity contribution in [2.75, 3.05) is 25.4 Å². The van der Waals surface area contributed by atoms with Gasteiger partial charge in [0.1, 0.15) is 23.2 Å². The highest BCUT2D eigenvalue weighted by molar-refractivity contribution is 6.23. The number of para-hydroxylation sites is 1. The summed E-state index contributed by atoms with van der Waals surface area (Å²) in [4.78, 5) is 66.8. The normalized spacial score (nSPS) is 27.3. The standard InChI is InChI=1S/C38H38N6O8/c39-31-29(14-26(41-42-31)24-3-1-2-4-28(24)45)51-20-37-17-38(18-37,19-37)35(50)43-11-9-36(10-12-43)15-22(16-36)52-21-5-6-23-25(13-21)34(49)44(33(23)48)27-7-8-30(46)40-32(27)47/h1-6,13-14,22,27,45H,7-12,15-20H2,(H2,39,42)(H,40,46,47). The summed E-state index contributed by atoms with van der Waals surface area (Å²) in [5.74, 6) is -0.719. The highest BCUT2D eigenvalue weighted by Crippen LogP contribution is 2.74. The van der Waals surface area contributed by atoms with Gasteiger partial charge in [-0.25, -0.2) is 0 Å². The van der Waals surface area contributed by atoms with Gasteiger partial charge >= 0.3 is 0 Å². The number of amides is 5. The van der Waals surface area contributed by atoms with Crippen molar-refractivity contribution in [2.45, 2.75) is 69.9 Å². The lowest BCUT2D eigenvalue weighted by atomic mass is 9.35. The molecule has 1 atom stereocenters.